The molecule has 0 spiro atoms. The topological polar surface area (TPSA) is 95.5 Å². The minimum atomic E-state index is -4.48. The van der Waals surface area contributed by atoms with Gasteiger partial charge in [0, 0.05) is 5.69 Å². The van der Waals surface area contributed by atoms with E-state index in [9.17, 15) is 37.1 Å². The van der Waals surface area contributed by atoms with E-state index in [4.69, 9.17) is 0 Å². The third-order valence-corrected chi connectivity index (χ3v) is 4.16. The van der Waals surface area contributed by atoms with Gasteiger partial charge in [-0.3, -0.25) is 9.59 Å². The van der Waals surface area contributed by atoms with E-state index < -0.39 is 48.6 Å². The Hall–Kier alpha value is -2.91. The number of anilines is 1. The predicted molar refractivity (Wildman–Crippen MR) is 86.7 cm³/mol. The van der Waals surface area contributed by atoms with Crippen molar-refractivity contribution in [3.63, 3.8) is 0 Å². The monoisotopic (exact) mass is 402 g/mol. The molecule has 0 fully saturated rings. The third-order valence-electron chi connectivity index (χ3n) is 4.16. The number of halogens is 4. The number of nitrogens with one attached hydrogen (secondary N) is 1. The fourth-order valence-electron chi connectivity index (χ4n) is 2.66. The van der Waals surface area contributed by atoms with Gasteiger partial charge in [0.2, 0.25) is 5.91 Å². The SMILES string of the molecule is O=C([O-])c1cccc(NC(=O)[C@H]2CC=CC[C@@H]2C(=O)OCC(F)(F)C(F)F)c1. The van der Waals surface area contributed by atoms with Crippen molar-refractivity contribution in [2.75, 3.05) is 11.9 Å². The molecule has 0 aliphatic heterocycles. The van der Waals surface area contributed by atoms with E-state index in [1.807, 2.05) is 0 Å². The summed E-state index contributed by atoms with van der Waals surface area (Å²) < 4.78 is 54.6. The number of carboxylic acids is 1. The molecule has 0 unspecified atom stereocenters. The zero-order chi connectivity index (χ0) is 20.9. The Bertz CT molecular complexity index is 781. The van der Waals surface area contributed by atoms with Crippen LogP contribution in [-0.2, 0) is 14.3 Å². The predicted octanol–water partition coefficient (Wildman–Crippen LogP) is 2.01. The van der Waals surface area contributed by atoms with Crippen molar-refractivity contribution in [1.29, 1.82) is 0 Å². The van der Waals surface area contributed by atoms with Crippen molar-refractivity contribution in [2.24, 2.45) is 11.8 Å². The number of rotatable bonds is 7. The number of ether oxygens (including phenoxy) is 1. The van der Waals surface area contributed by atoms with Gasteiger partial charge in [0.15, 0.2) is 6.61 Å². The Morgan fingerprint density at radius 2 is 1.82 bits per heavy atom. The summed E-state index contributed by atoms with van der Waals surface area (Å²) in [6, 6.07) is 5.21. The molecule has 0 heterocycles. The molecular weight excluding hydrogens is 386 g/mol. The number of esters is 1. The zero-order valence-electron chi connectivity index (χ0n) is 14.4. The normalized spacial score (nSPS) is 19.3. The molecule has 0 aromatic heterocycles. The highest BCUT2D eigenvalue weighted by atomic mass is 19.3. The van der Waals surface area contributed by atoms with Crippen LogP contribution >= 0.6 is 0 Å². The fourth-order valence-corrected chi connectivity index (χ4v) is 2.66. The summed E-state index contributed by atoms with van der Waals surface area (Å²) in [5.41, 5.74) is -0.0378. The number of hydrogen-bond donors (Lipinski definition) is 1. The van der Waals surface area contributed by atoms with Crippen LogP contribution in [-0.4, -0.2) is 36.8 Å². The Morgan fingerprint density at radius 1 is 1.18 bits per heavy atom. The molecule has 2 rings (SSSR count). The number of carboxylic acid groups (broad SMARTS) is 1. The Balaban J connectivity index is 2.07. The van der Waals surface area contributed by atoms with E-state index in [1.165, 1.54) is 18.2 Å². The molecule has 1 aliphatic carbocycles. The van der Waals surface area contributed by atoms with E-state index >= 15 is 0 Å². The molecule has 0 saturated carbocycles. The van der Waals surface area contributed by atoms with E-state index in [2.05, 4.69) is 10.1 Å². The largest absolute Gasteiger partial charge is 0.545 e. The van der Waals surface area contributed by atoms with Crippen molar-refractivity contribution >= 4 is 23.5 Å². The second-order valence-corrected chi connectivity index (χ2v) is 6.18. The molecule has 10 heteroatoms. The Labute approximate surface area is 157 Å². The maximum Gasteiger partial charge on any atom is 0.340 e. The summed E-state index contributed by atoms with van der Waals surface area (Å²) in [7, 11) is 0. The Morgan fingerprint density at radius 3 is 2.43 bits per heavy atom. The van der Waals surface area contributed by atoms with Crippen molar-refractivity contribution in [1.82, 2.24) is 0 Å². The second kappa shape index (κ2) is 8.85. The van der Waals surface area contributed by atoms with Gasteiger partial charge in [-0.1, -0.05) is 24.3 Å². The first kappa shape index (κ1) is 21.4. The summed E-state index contributed by atoms with van der Waals surface area (Å²) in [5, 5.41) is 13.3. The molecule has 1 aromatic carbocycles. The molecule has 1 amide bonds. The molecule has 152 valence electrons. The second-order valence-electron chi connectivity index (χ2n) is 6.18. The molecule has 2 atom stereocenters. The highest BCUT2D eigenvalue weighted by Crippen LogP contribution is 2.30. The fraction of sp³-hybridized carbons (Fsp3) is 0.389. The number of carbonyl (C=O) groups excluding carboxylic acids is 3. The van der Waals surface area contributed by atoms with Crippen molar-refractivity contribution in [3.05, 3.63) is 42.0 Å². The maximum atomic E-state index is 12.9. The van der Waals surface area contributed by atoms with Crippen LogP contribution in [0.3, 0.4) is 0 Å². The average molecular weight is 402 g/mol. The molecular formula is C18H16F4NO5-. The molecule has 0 bridgehead atoms. The van der Waals surface area contributed by atoms with Gasteiger partial charge in [-0.25, -0.2) is 8.78 Å². The molecule has 6 nitrogen and oxygen atoms in total. The molecule has 28 heavy (non-hydrogen) atoms. The number of aromatic carboxylic acids is 1. The smallest absolute Gasteiger partial charge is 0.340 e. The summed E-state index contributed by atoms with van der Waals surface area (Å²) in [5.74, 6) is -9.91. The maximum absolute atomic E-state index is 12.9. The van der Waals surface area contributed by atoms with Gasteiger partial charge in [-0.15, -0.1) is 0 Å². The minimum absolute atomic E-state index is 0.0102. The lowest BCUT2D eigenvalue weighted by molar-refractivity contribution is -0.255. The number of hydrogen-bond acceptors (Lipinski definition) is 5. The number of allylic oxidation sites excluding steroid dienone is 2. The zero-order valence-corrected chi connectivity index (χ0v) is 14.4. The van der Waals surface area contributed by atoms with Gasteiger partial charge in [-0.2, -0.15) is 8.78 Å². The van der Waals surface area contributed by atoms with Crippen LogP contribution in [0.5, 0.6) is 0 Å². The standard InChI is InChI=1S/C18H17F4NO5/c19-17(20)18(21,22)9-28-16(27)13-7-2-1-6-12(13)14(24)23-11-5-3-4-10(8-11)15(25)26/h1-5,8,12-13,17H,6-7,9H2,(H,23,24)(H,25,26)/p-1/t12-,13-/m0/s1. The highest BCUT2D eigenvalue weighted by molar-refractivity contribution is 5.97. The first-order valence-electron chi connectivity index (χ1n) is 8.21. The summed E-state index contributed by atoms with van der Waals surface area (Å²) in [6.07, 6.45) is -0.716. The highest BCUT2D eigenvalue weighted by Gasteiger charge is 2.43. The van der Waals surface area contributed by atoms with Crippen molar-refractivity contribution < 1.29 is 41.8 Å². The van der Waals surface area contributed by atoms with Gasteiger partial charge in [0.05, 0.1) is 17.8 Å². The Kier molecular flexibility index (Phi) is 6.76. The summed E-state index contributed by atoms with van der Waals surface area (Å²) >= 11 is 0. The van der Waals surface area contributed by atoms with Gasteiger partial charge in [-0.05, 0) is 30.5 Å². The molecule has 1 aromatic rings. The lowest BCUT2D eigenvalue weighted by Gasteiger charge is -2.26. The molecule has 0 radical (unpaired) electrons. The third kappa shape index (κ3) is 5.30. The van der Waals surface area contributed by atoms with Crippen LogP contribution in [0.15, 0.2) is 36.4 Å². The number of benzene rings is 1. The van der Waals surface area contributed by atoms with Crippen LogP contribution in [0.4, 0.5) is 23.2 Å². The lowest BCUT2D eigenvalue weighted by atomic mass is 9.82. The quantitative estimate of drug-likeness (QED) is 0.428. The minimum Gasteiger partial charge on any atom is -0.545 e. The summed E-state index contributed by atoms with van der Waals surface area (Å²) in [4.78, 5) is 35.4. The van der Waals surface area contributed by atoms with Crippen LogP contribution in [0.25, 0.3) is 0 Å². The van der Waals surface area contributed by atoms with Crippen LogP contribution < -0.4 is 10.4 Å². The van der Waals surface area contributed by atoms with Gasteiger partial charge >= 0.3 is 18.3 Å². The number of amides is 1. The van der Waals surface area contributed by atoms with E-state index in [-0.39, 0.29) is 24.1 Å². The first-order chi connectivity index (χ1) is 13.1. The average Bonchev–Trinajstić information content (AvgIpc) is 2.66. The first-order valence-corrected chi connectivity index (χ1v) is 8.21. The lowest BCUT2D eigenvalue weighted by Crippen LogP contribution is -2.39. The van der Waals surface area contributed by atoms with Crippen molar-refractivity contribution in [2.45, 2.75) is 25.2 Å². The van der Waals surface area contributed by atoms with Gasteiger partial charge in [0.1, 0.15) is 0 Å². The molecule has 1 aliphatic rings. The van der Waals surface area contributed by atoms with Gasteiger partial charge < -0.3 is 20.0 Å². The number of carbonyl (C=O) groups is 3. The van der Waals surface area contributed by atoms with Crippen molar-refractivity contribution in [3.8, 4) is 0 Å². The van der Waals surface area contributed by atoms with Crippen LogP contribution in [0.2, 0.25) is 0 Å². The van der Waals surface area contributed by atoms with Gasteiger partial charge in [0.25, 0.3) is 0 Å². The van der Waals surface area contributed by atoms with Crippen LogP contribution in [0, 0.1) is 11.8 Å². The molecule has 1 N–H and O–H groups in total. The van der Waals surface area contributed by atoms with E-state index in [0.717, 1.165) is 6.07 Å². The van der Waals surface area contributed by atoms with Crippen LogP contribution in [0.1, 0.15) is 23.2 Å². The summed E-state index contributed by atoms with van der Waals surface area (Å²) in [6.45, 7) is -1.79. The van der Waals surface area contributed by atoms with E-state index in [0.29, 0.717) is 0 Å². The molecule has 0 saturated heterocycles. The van der Waals surface area contributed by atoms with E-state index in [1.54, 1.807) is 12.2 Å². The number of alkyl halides is 4.